The van der Waals surface area contributed by atoms with Crippen molar-refractivity contribution < 1.29 is 8.42 Å². The van der Waals surface area contributed by atoms with Crippen LogP contribution in [-0.4, -0.2) is 14.5 Å². The zero-order valence-corrected chi connectivity index (χ0v) is 17.7. The van der Waals surface area contributed by atoms with Crippen LogP contribution in [0.4, 0.5) is 0 Å². The van der Waals surface area contributed by atoms with E-state index < -0.39 is 10.0 Å². The number of hydrogen-bond donors (Lipinski definition) is 1. The third-order valence-corrected chi connectivity index (χ3v) is 8.96. The molecular weight excluding hydrogens is 354 g/mol. The molecule has 0 aliphatic heterocycles. The van der Waals surface area contributed by atoms with Crippen LogP contribution >= 0.6 is 0 Å². The average Bonchev–Trinajstić information content (AvgIpc) is 2.61. The second kappa shape index (κ2) is 7.51. The number of hydrogen-bond acceptors (Lipinski definition) is 2. The van der Waals surface area contributed by atoms with Crippen LogP contribution in [0.2, 0.25) is 0 Å². The Labute approximate surface area is 165 Å². The van der Waals surface area contributed by atoms with Gasteiger partial charge in [-0.25, -0.2) is 13.1 Å². The highest BCUT2D eigenvalue weighted by atomic mass is 32.2. The van der Waals surface area contributed by atoms with Gasteiger partial charge in [0.1, 0.15) is 0 Å². The maximum Gasteiger partial charge on any atom is 0.240 e. The Hall–Kier alpha value is -0.870. The summed E-state index contributed by atoms with van der Waals surface area (Å²) < 4.78 is 29.5. The topological polar surface area (TPSA) is 46.2 Å². The van der Waals surface area contributed by atoms with Crippen LogP contribution in [0.1, 0.15) is 77.2 Å². The highest BCUT2D eigenvalue weighted by Crippen LogP contribution is 2.61. The molecule has 3 nitrogen and oxygen atoms in total. The Morgan fingerprint density at radius 2 is 1.52 bits per heavy atom. The quantitative estimate of drug-likeness (QED) is 0.655. The van der Waals surface area contributed by atoms with E-state index in [1.807, 2.05) is 12.1 Å². The van der Waals surface area contributed by atoms with Crippen molar-refractivity contribution in [1.82, 2.24) is 4.72 Å². The molecule has 1 unspecified atom stereocenters. The molecule has 0 heterocycles. The summed E-state index contributed by atoms with van der Waals surface area (Å²) in [5.74, 6) is 2.52. The molecule has 5 rings (SSSR count). The van der Waals surface area contributed by atoms with Crippen molar-refractivity contribution in [3.63, 3.8) is 0 Å². The van der Waals surface area contributed by atoms with Gasteiger partial charge in [0.25, 0.3) is 0 Å². The molecule has 0 radical (unpaired) electrons. The minimum Gasteiger partial charge on any atom is -0.208 e. The maximum atomic E-state index is 13.2. The summed E-state index contributed by atoms with van der Waals surface area (Å²) in [5, 5.41) is 0. The second-order valence-electron chi connectivity index (χ2n) is 9.64. The molecular formula is C23H35NO2S. The van der Waals surface area contributed by atoms with E-state index in [-0.39, 0.29) is 11.5 Å². The van der Waals surface area contributed by atoms with Gasteiger partial charge in [0, 0.05) is 6.04 Å². The molecule has 1 aromatic rings. The Kier molecular flexibility index (Phi) is 5.41. The number of benzene rings is 1. The first-order valence-electron chi connectivity index (χ1n) is 11.1. The summed E-state index contributed by atoms with van der Waals surface area (Å²) in [6, 6.07) is 7.61. The summed E-state index contributed by atoms with van der Waals surface area (Å²) in [5.41, 5.74) is 1.42. The molecule has 4 saturated carbocycles. The molecule has 1 aromatic carbocycles. The Balaban J connectivity index is 1.56. The summed E-state index contributed by atoms with van der Waals surface area (Å²) in [4.78, 5) is 0.424. The first kappa shape index (κ1) is 19.4. The summed E-state index contributed by atoms with van der Waals surface area (Å²) in [6.07, 6.45) is 12.0. The van der Waals surface area contributed by atoms with Gasteiger partial charge in [0.2, 0.25) is 10.0 Å². The highest BCUT2D eigenvalue weighted by Gasteiger charge is 2.54. The van der Waals surface area contributed by atoms with Crippen LogP contribution in [0.5, 0.6) is 0 Å². The summed E-state index contributed by atoms with van der Waals surface area (Å²) in [7, 11) is -3.46. The number of rotatable bonds is 8. The van der Waals surface area contributed by atoms with E-state index in [0.717, 1.165) is 43.4 Å². The number of nitrogens with one attached hydrogen (secondary N) is 1. The molecule has 0 spiro atoms. The van der Waals surface area contributed by atoms with Crippen LogP contribution in [0.3, 0.4) is 0 Å². The molecule has 0 saturated heterocycles. The van der Waals surface area contributed by atoms with Crippen LogP contribution in [0, 0.1) is 23.2 Å². The van der Waals surface area contributed by atoms with Gasteiger partial charge in [0.05, 0.1) is 4.90 Å². The lowest BCUT2D eigenvalue weighted by Crippen LogP contribution is -2.56. The first-order valence-corrected chi connectivity index (χ1v) is 12.5. The van der Waals surface area contributed by atoms with Crippen molar-refractivity contribution in [2.75, 3.05) is 0 Å². The van der Waals surface area contributed by atoms with E-state index in [2.05, 4.69) is 18.6 Å². The van der Waals surface area contributed by atoms with Gasteiger partial charge >= 0.3 is 0 Å². The molecule has 0 aromatic heterocycles. The molecule has 4 aliphatic carbocycles. The third kappa shape index (κ3) is 3.85. The molecule has 4 bridgehead atoms. The van der Waals surface area contributed by atoms with E-state index >= 15 is 0 Å². The lowest BCUT2D eigenvalue weighted by atomic mass is 9.47. The largest absolute Gasteiger partial charge is 0.240 e. The van der Waals surface area contributed by atoms with Crippen molar-refractivity contribution in [2.45, 2.75) is 89.0 Å². The lowest BCUT2D eigenvalue weighted by molar-refractivity contribution is -0.0712. The van der Waals surface area contributed by atoms with Crippen LogP contribution in [-0.2, 0) is 16.4 Å². The zero-order chi connectivity index (χ0) is 19.1. The van der Waals surface area contributed by atoms with E-state index in [1.54, 1.807) is 12.1 Å². The molecule has 1 atom stereocenters. The van der Waals surface area contributed by atoms with Crippen LogP contribution in [0.25, 0.3) is 0 Å². The van der Waals surface area contributed by atoms with Gasteiger partial charge in [-0.3, -0.25) is 0 Å². The molecule has 1 N–H and O–H groups in total. The normalized spacial score (nSPS) is 33.3. The monoisotopic (exact) mass is 389 g/mol. The van der Waals surface area contributed by atoms with Crippen LogP contribution in [0.15, 0.2) is 29.2 Å². The minimum absolute atomic E-state index is 0.0937. The van der Waals surface area contributed by atoms with Gasteiger partial charge < -0.3 is 0 Å². The molecule has 150 valence electrons. The molecule has 4 aliphatic rings. The van der Waals surface area contributed by atoms with Gasteiger partial charge in [-0.1, -0.05) is 38.8 Å². The standard InChI is InChI=1S/C23H35NO2S/c1-3-5-17-7-9-21(10-8-17)27(25,26)24-22(6-4-2)23-14-18-11-19(15-23)13-20(12-18)16-23/h7-10,18-20,22,24H,3-6,11-16H2,1-2H3. The van der Waals surface area contributed by atoms with Gasteiger partial charge in [-0.05, 0) is 92.2 Å². The zero-order valence-electron chi connectivity index (χ0n) is 16.9. The van der Waals surface area contributed by atoms with Crippen molar-refractivity contribution in [3.8, 4) is 0 Å². The second-order valence-corrected chi connectivity index (χ2v) is 11.4. The molecule has 0 amide bonds. The molecule has 4 fully saturated rings. The third-order valence-electron chi connectivity index (χ3n) is 7.47. The molecule has 4 heteroatoms. The van der Waals surface area contributed by atoms with E-state index in [4.69, 9.17) is 0 Å². The summed E-state index contributed by atoms with van der Waals surface area (Å²) >= 11 is 0. The van der Waals surface area contributed by atoms with Gasteiger partial charge in [-0.2, -0.15) is 0 Å². The fourth-order valence-corrected chi connectivity index (χ4v) is 8.14. The van der Waals surface area contributed by atoms with Gasteiger partial charge in [-0.15, -0.1) is 0 Å². The lowest BCUT2D eigenvalue weighted by Gasteiger charge is -2.59. The van der Waals surface area contributed by atoms with Crippen LogP contribution < -0.4 is 4.72 Å². The van der Waals surface area contributed by atoms with Crippen molar-refractivity contribution in [3.05, 3.63) is 29.8 Å². The smallest absolute Gasteiger partial charge is 0.208 e. The van der Waals surface area contributed by atoms with Crippen molar-refractivity contribution >= 4 is 10.0 Å². The fourth-order valence-electron chi connectivity index (χ4n) is 6.76. The maximum absolute atomic E-state index is 13.2. The molecule has 27 heavy (non-hydrogen) atoms. The SMILES string of the molecule is CCCc1ccc(S(=O)(=O)NC(CCC)C23CC4CC(CC(C4)C2)C3)cc1. The minimum atomic E-state index is -3.46. The highest BCUT2D eigenvalue weighted by molar-refractivity contribution is 7.89. The Morgan fingerprint density at radius 1 is 0.963 bits per heavy atom. The van der Waals surface area contributed by atoms with Crippen molar-refractivity contribution in [2.24, 2.45) is 23.2 Å². The predicted molar refractivity (Wildman–Crippen MR) is 110 cm³/mol. The summed E-state index contributed by atoms with van der Waals surface area (Å²) in [6.45, 7) is 4.33. The van der Waals surface area contributed by atoms with Gasteiger partial charge in [0.15, 0.2) is 0 Å². The van der Waals surface area contributed by atoms with E-state index in [9.17, 15) is 8.42 Å². The van der Waals surface area contributed by atoms with Crippen molar-refractivity contribution in [1.29, 1.82) is 0 Å². The average molecular weight is 390 g/mol. The number of sulfonamides is 1. The fraction of sp³-hybridized carbons (Fsp3) is 0.739. The Bertz CT molecular complexity index is 718. The van der Waals surface area contributed by atoms with E-state index in [0.29, 0.717) is 4.90 Å². The Morgan fingerprint density at radius 3 is 2.00 bits per heavy atom. The predicted octanol–water partition coefficient (Wildman–Crippen LogP) is 5.30. The first-order chi connectivity index (χ1) is 12.9. The van der Waals surface area contributed by atoms with E-state index in [1.165, 1.54) is 44.1 Å². The number of aryl methyl sites for hydroxylation is 1.